The van der Waals surface area contributed by atoms with Crippen LogP contribution in [-0.2, 0) is 16.6 Å². The van der Waals surface area contributed by atoms with Gasteiger partial charge in [-0.2, -0.15) is 0 Å². The summed E-state index contributed by atoms with van der Waals surface area (Å²) in [5.41, 5.74) is 4.51. The van der Waals surface area contributed by atoms with Crippen molar-refractivity contribution in [3.05, 3.63) is 34.9 Å². The summed E-state index contributed by atoms with van der Waals surface area (Å²) in [6.07, 6.45) is 7.31. The van der Waals surface area contributed by atoms with E-state index in [0.29, 0.717) is 12.3 Å². The van der Waals surface area contributed by atoms with Crippen LogP contribution >= 0.6 is 0 Å². The van der Waals surface area contributed by atoms with Crippen molar-refractivity contribution in [1.29, 1.82) is 0 Å². The lowest BCUT2D eigenvalue weighted by atomic mass is 9.60. The molecule has 0 bridgehead atoms. The highest BCUT2D eigenvalue weighted by Gasteiger charge is 2.47. The average Bonchev–Trinajstić information content (AvgIpc) is 2.83. The minimum absolute atomic E-state index is 0.164. The van der Waals surface area contributed by atoms with Crippen molar-refractivity contribution in [2.24, 2.45) is 5.92 Å². The van der Waals surface area contributed by atoms with Crippen molar-refractivity contribution >= 4 is 5.97 Å². The summed E-state index contributed by atoms with van der Waals surface area (Å²) < 4.78 is 0. The molecule has 0 radical (unpaired) electrons. The van der Waals surface area contributed by atoms with E-state index in [1.807, 2.05) is 0 Å². The minimum Gasteiger partial charge on any atom is -0.481 e. The largest absolute Gasteiger partial charge is 0.481 e. The summed E-state index contributed by atoms with van der Waals surface area (Å²) in [4.78, 5) is 11.2. The zero-order chi connectivity index (χ0) is 13.5. The van der Waals surface area contributed by atoms with Gasteiger partial charge in [-0.15, -0.1) is 0 Å². The Morgan fingerprint density at radius 1 is 1.37 bits per heavy atom. The number of carbonyl (C=O) groups is 1. The second-order valence-electron chi connectivity index (χ2n) is 6.31. The number of carboxylic acids is 1. The van der Waals surface area contributed by atoms with Crippen LogP contribution in [0.3, 0.4) is 0 Å². The Morgan fingerprint density at radius 2 is 2.11 bits per heavy atom. The van der Waals surface area contributed by atoms with Crippen LogP contribution in [-0.4, -0.2) is 11.1 Å². The van der Waals surface area contributed by atoms with Gasteiger partial charge in [0.2, 0.25) is 0 Å². The Balaban J connectivity index is 2.09. The molecular formula is C17H22O2. The quantitative estimate of drug-likeness (QED) is 0.875. The van der Waals surface area contributed by atoms with Crippen molar-refractivity contribution < 1.29 is 9.90 Å². The molecule has 1 aromatic carbocycles. The van der Waals surface area contributed by atoms with E-state index in [0.717, 1.165) is 12.8 Å². The lowest BCUT2D eigenvalue weighted by Gasteiger charge is -2.44. The number of benzene rings is 1. The van der Waals surface area contributed by atoms with Crippen LogP contribution in [0.15, 0.2) is 18.2 Å². The third kappa shape index (κ3) is 1.98. The number of hydrogen-bond donors (Lipinski definition) is 1. The van der Waals surface area contributed by atoms with E-state index in [4.69, 9.17) is 0 Å². The number of rotatable bonds is 2. The highest BCUT2D eigenvalue weighted by molar-refractivity contribution is 5.67. The number of fused-ring (bicyclic) bond motifs is 2. The number of hydrogen-bond acceptors (Lipinski definition) is 1. The van der Waals surface area contributed by atoms with Crippen LogP contribution in [0.4, 0.5) is 0 Å². The molecule has 1 unspecified atom stereocenters. The second-order valence-corrected chi connectivity index (χ2v) is 6.31. The molecular weight excluding hydrogens is 236 g/mol. The molecule has 1 saturated carbocycles. The van der Waals surface area contributed by atoms with Crippen molar-refractivity contribution in [1.82, 2.24) is 0 Å². The molecule has 2 aliphatic carbocycles. The molecule has 1 aromatic rings. The van der Waals surface area contributed by atoms with Crippen LogP contribution in [0, 0.1) is 12.8 Å². The lowest BCUT2D eigenvalue weighted by Crippen LogP contribution is -2.39. The maximum atomic E-state index is 11.2. The van der Waals surface area contributed by atoms with Crippen LogP contribution < -0.4 is 0 Å². The fraction of sp³-hybridized carbons (Fsp3) is 0.588. The first-order valence-corrected chi connectivity index (χ1v) is 7.44. The van der Waals surface area contributed by atoms with Gasteiger partial charge in [-0.25, -0.2) is 0 Å². The van der Waals surface area contributed by atoms with Crippen LogP contribution in [0.25, 0.3) is 0 Å². The summed E-state index contributed by atoms with van der Waals surface area (Å²) in [6.45, 7) is 2.20. The van der Waals surface area contributed by atoms with Gasteiger partial charge in [0.1, 0.15) is 0 Å². The van der Waals surface area contributed by atoms with E-state index in [1.54, 1.807) is 0 Å². The van der Waals surface area contributed by atoms with Crippen LogP contribution in [0.5, 0.6) is 0 Å². The first-order chi connectivity index (χ1) is 9.13. The highest BCUT2D eigenvalue weighted by atomic mass is 16.4. The Bertz CT molecular complexity index is 498. The normalized spacial score (nSPS) is 24.4. The maximum Gasteiger partial charge on any atom is 0.303 e. The Morgan fingerprint density at radius 3 is 2.79 bits per heavy atom. The molecule has 0 saturated heterocycles. The van der Waals surface area contributed by atoms with E-state index in [9.17, 15) is 9.90 Å². The number of carboxylic acid groups (broad SMARTS) is 1. The SMILES string of the molecule is Cc1cccc2c1C1(CCCC1)C(CC(=O)O)CC2. The molecule has 102 valence electrons. The molecule has 1 fully saturated rings. The van der Waals surface area contributed by atoms with E-state index in [-0.39, 0.29) is 5.41 Å². The Labute approximate surface area is 114 Å². The summed E-state index contributed by atoms with van der Waals surface area (Å²) >= 11 is 0. The predicted octanol–water partition coefficient (Wildman–Crippen LogP) is 3.84. The van der Waals surface area contributed by atoms with Gasteiger partial charge in [-0.3, -0.25) is 4.79 Å². The number of aliphatic carboxylic acids is 1. The fourth-order valence-corrected chi connectivity index (χ4v) is 4.63. The standard InChI is InChI=1S/C17H22O2/c1-12-5-4-6-13-7-8-14(11-15(18)19)17(16(12)13)9-2-3-10-17/h4-6,14H,2-3,7-11H2,1H3,(H,18,19). The lowest BCUT2D eigenvalue weighted by molar-refractivity contribution is -0.139. The minimum atomic E-state index is -0.631. The Hall–Kier alpha value is -1.31. The van der Waals surface area contributed by atoms with Gasteiger partial charge in [0.05, 0.1) is 0 Å². The van der Waals surface area contributed by atoms with Gasteiger partial charge in [0, 0.05) is 6.42 Å². The molecule has 1 spiro atoms. The van der Waals surface area contributed by atoms with Crippen molar-refractivity contribution in [3.8, 4) is 0 Å². The molecule has 0 aliphatic heterocycles. The zero-order valence-corrected chi connectivity index (χ0v) is 11.6. The van der Waals surface area contributed by atoms with Crippen LogP contribution in [0.2, 0.25) is 0 Å². The molecule has 2 aliphatic rings. The third-order valence-electron chi connectivity index (χ3n) is 5.32. The van der Waals surface area contributed by atoms with Gasteiger partial charge in [-0.1, -0.05) is 31.0 Å². The topological polar surface area (TPSA) is 37.3 Å². The van der Waals surface area contributed by atoms with Gasteiger partial charge in [0.15, 0.2) is 0 Å². The summed E-state index contributed by atoms with van der Waals surface area (Å²) in [7, 11) is 0. The van der Waals surface area contributed by atoms with Crippen molar-refractivity contribution in [2.45, 2.75) is 57.3 Å². The molecule has 0 heterocycles. The highest BCUT2D eigenvalue weighted by Crippen LogP contribution is 2.54. The first-order valence-electron chi connectivity index (χ1n) is 7.44. The summed E-state index contributed by atoms with van der Waals surface area (Å²) in [6, 6.07) is 6.59. The molecule has 0 aromatic heterocycles. The monoisotopic (exact) mass is 258 g/mol. The second kappa shape index (κ2) is 4.66. The predicted molar refractivity (Wildman–Crippen MR) is 75.4 cm³/mol. The van der Waals surface area contributed by atoms with Gasteiger partial charge < -0.3 is 5.11 Å². The van der Waals surface area contributed by atoms with Gasteiger partial charge in [0.25, 0.3) is 0 Å². The summed E-state index contributed by atoms with van der Waals surface area (Å²) in [5, 5.41) is 9.23. The molecule has 1 N–H and O–H groups in total. The molecule has 1 atom stereocenters. The zero-order valence-electron chi connectivity index (χ0n) is 11.6. The van der Waals surface area contributed by atoms with Crippen molar-refractivity contribution in [2.75, 3.05) is 0 Å². The molecule has 2 nitrogen and oxygen atoms in total. The van der Waals surface area contributed by atoms with E-state index in [2.05, 4.69) is 25.1 Å². The maximum absolute atomic E-state index is 11.2. The summed E-state index contributed by atoms with van der Waals surface area (Å²) in [5.74, 6) is -0.297. The van der Waals surface area contributed by atoms with Gasteiger partial charge in [-0.05, 0) is 60.6 Å². The molecule has 0 amide bonds. The van der Waals surface area contributed by atoms with E-state index >= 15 is 0 Å². The first kappa shape index (κ1) is 12.7. The fourth-order valence-electron chi connectivity index (χ4n) is 4.63. The van der Waals surface area contributed by atoms with Gasteiger partial charge >= 0.3 is 5.97 Å². The van der Waals surface area contributed by atoms with E-state index < -0.39 is 5.97 Å². The Kier molecular flexibility index (Phi) is 3.12. The van der Waals surface area contributed by atoms with Crippen molar-refractivity contribution in [3.63, 3.8) is 0 Å². The third-order valence-corrected chi connectivity index (χ3v) is 5.32. The van der Waals surface area contributed by atoms with Crippen LogP contribution in [0.1, 0.15) is 55.2 Å². The smallest absolute Gasteiger partial charge is 0.303 e. The molecule has 3 rings (SSSR count). The average molecular weight is 258 g/mol. The number of aryl methyl sites for hydroxylation is 2. The molecule has 2 heteroatoms. The molecule has 19 heavy (non-hydrogen) atoms. The van der Waals surface area contributed by atoms with E-state index in [1.165, 1.54) is 42.4 Å².